The Kier molecular flexibility index (Phi) is 5.48. The van der Waals surface area contributed by atoms with E-state index in [1.807, 2.05) is 50.4 Å². The number of amides is 2. The van der Waals surface area contributed by atoms with E-state index < -0.39 is 5.54 Å². The Balaban J connectivity index is 1.39. The van der Waals surface area contributed by atoms with Crippen LogP contribution in [0.15, 0.2) is 52.4 Å². The molecular formula is C24H23N7O3S. The number of nitrogen functional groups attached to an aromatic ring is 1. The molecule has 5 aromatic rings. The maximum absolute atomic E-state index is 13.0. The van der Waals surface area contributed by atoms with E-state index in [9.17, 15) is 9.59 Å². The summed E-state index contributed by atoms with van der Waals surface area (Å²) in [5.41, 5.74) is 8.94. The summed E-state index contributed by atoms with van der Waals surface area (Å²) < 4.78 is 7.13. The number of anilines is 1. The number of aromatic nitrogens is 4. The Morgan fingerprint density at radius 3 is 2.69 bits per heavy atom. The van der Waals surface area contributed by atoms with Crippen molar-refractivity contribution in [2.24, 2.45) is 0 Å². The van der Waals surface area contributed by atoms with Gasteiger partial charge in [0.05, 0.1) is 17.0 Å². The van der Waals surface area contributed by atoms with Crippen molar-refractivity contribution in [2.45, 2.75) is 32.9 Å². The van der Waals surface area contributed by atoms with Gasteiger partial charge in [-0.3, -0.25) is 9.59 Å². The molecule has 178 valence electrons. The zero-order chi connectivity index (χ0) is 24.7. The lowest BCUT2D eigenvalue weighted by Gasteiger charge is -2.20. The van der Waals surface area contributed by atoms with Gasteiger partial charge in [0.2, 0.25) is 11.8 Å². The molecule has 11 heteroatoms. The van der Waals surface area contributed by atoms with Crippen LogP contribution in [0.4, 0.5) is 5.95 Å². The molecule has 1 aromatic carbocycles. The van der Waals surface area contributed by atoms with Crippen LogP contribution in [-0.2, 0) is 6.54 Å². The number of thiophene rings is 1. The molecule has 0 saturated carbocycles. The van der Waals surface area contributed by atoms with E-state index in [-0.39, 0.29) is 24.3 Å². The number of nitrogens with one attached hydrogen (secondary N) is 2. The summed E-state index contributed by atoms with van der Waals surface area (Å²) in [5.74, 6) is -0.0415. The average molecular weight is 490 g/mol. The second-order valence-electron chi connectivity index (χ2n) is 9.04. The van der Waals surface area contributed by atoms with Gasteiger partial charge in [-0.2, -0.15) is 4.98 Å². The van der Waals surface area contributed by atoms with Crippen LogP contribution in [0, 0.1) is 0 Å². The first kappa shape index (κ1) is 22.5. The van der Waals surface area contributed by atoms with Crippen LogP contribution < -0.4 is 16.4 Å². The maximum atomic E-state index is 13.0. The predicted molar refractivity (Wildman–Crippen MR) is 133 cm³/mol. The highest BCUT2D eigenvalue weighted by atomic mass is 32.1. The first-order chi connectivity index (χ1) is 16.7. The number of fused-ring (bicyclic) bond motifs is 2. The Bertz CT molecular complexity index is 1540. The minimum Gasteiger partial charge on any atom is -0.439 e. The molecule has 4 heterocycles. The lowest BCUT2D eigenvalue weighted by Crippen LogP contribution is -2.40. The number of carbonyl (C=O) groups excluding carboxylic acids is 2. The number of rotatable bonds is 5. The molecule has 0 atom stereocenters. The van der Waals surface area contributed by atoms with Gasteiger partial charge in [0.15, 0.2) is 11.2 Å². The highest BCUT2D eigenvalue weighted by Crippen LogP contribution is 2.28. The fourth-order valence-electron chi connectivity index (χ4n) is 3.58. The van der Waals surface area contributed by atoms with Crippen molar-refractivity contribution in [3.05, 3.63) is 64.3 Å². The Hall–Kier alpha value is -4.25. The van der Waals surface area contributed by atoms with Crippen molar-refractivity contribution >= 4 is 45.8 Å². The Labute approximate surface area is 204 Å². The van der Waals surface area contributed by atoms with Crippen LogP contribution in [0.25, 0.3) is 27.9 Å². The van der Waals surface area contributed by atoms with Gasteiger partial charge < -0.3 is 20.8 Å². The predicted octanol–water partition coefficient (Wildman–Crippen LogP) is 3.64. The average Bonchev–Trinajstić information content (AvgIpc) is 3.52. The first-order valence-electron chi connectivity index (χ1n) is 10.9. The summed E-state index contributed by atoms with van der Waals surface area (Å²) in [7, 11) is 0. The number of hydrogen-bond donors (Lipinski definition) is 3. The normalized spacial score (nSPS) is 11.7. The van der Waals surface area contributed by atoms with Gasteiger partial charge in [-0.1, -0.05) is 12.1 Å². The highest BCUT2D eigenvalue weighted by Gasteiger charge is 2.21. The van der Waals surface area contributed by atoms with E-state index in [1.54, 1.807) is 18.3 Å². The topological polar surface area (TPSA) is 140 Å². The first-order valence-corrected chi connectivity index (χ1v) is 11.7. The molecule has 35 heavy (non-hydrogen) atoms. The highest BCUT2D eigenvalue weighted by molar-refractivity contribution is 7.12. The number of nitrogens with two attached hydrogens (primary N) is 1. The molecule has 10 nitrogen and oxygen atoms in total. The van der Waals surface area contributed by atoms with Crippen molar-refractivity contribution in [2.75, 3.05) is 5.73 Å². The van der Waals surface area contributed by atoms with Gasteiger partial charge >= 0.3 is 0 Å². The van der Waals surface area contributed by atoms with E-state index >= 15 is 0 Å². The molecule has 0 aliphatic rings. The van der Waals surface area contributed by atoms with Crippen LogP contribution in [0.5, 0.6) is 0 Å². The summed E-state index contributed by atoms with van der Waals surface area (Å²) in [6, 6.07) is 10.9. The van der Waals surface area contributed by atoms with Crippen LogP contribution in [0.2, 0.25) is 0 Å². The Morgan fingerprint density at radius 1 is 1.11 bits per heavy atom. The fourth-order valence-corrected chi connectivity index (χ4v) is 4.41. The molecule has 0 spiro atoms. The third-order valence-corrected chi connectivity index (χ3v) is 6.01. The minimum atomic E-state index is -0.433. The number of nitrogens with zero attached hydrogens (tertiary/aromatic N) is 4. The quantitative estimate of drug-likeness (QED) is 0.342. The van der Waals surface area contributed by atoms with E-state index in [0.29, 0.717) is 33.1 Å². The number of benzene rings is 1. The van der Waals surface area contributed by atoms with Gasteiger partial charge in [-0.25, -0.2) is 9.50 Å². The molecule has 0 aliphatic carbocycles. The second-order valence-corrected chi connectivity index (χ2v) is 9.95. The van der Waals surface area contributed by atoms with Crippen LogP contribution in [0.1, 0.15) is 46.7 Å². The third-order valence-electron chi connectivity index (χ3n) is 5.08. The molecule has 4 N–H and O–H groups in total. The second kappa shape index (κ2) is 8.51. The number of para-hydroxylation sites is 2. The van der Waals surface area contributed by atoms with Crippen LogP contribution in [-0.4, -0.2) is 36.9 Å². The smallest absolute Gasteiger partial charge is 0.261 e. The zero-order valence-electron chi connectivity index (χ0n) is 19.3. The molecule has 0 aliphatic heterocycles. The van der Waals surface area contributed by atoms with Gasteiger partial charge in [0, 0.05) is 17.3 Å². The van der Waals surface area contributed by atoms with Crippen molar-refractivity contribution in [3.8, 4) is 11.1 Å². The minimum absolute atomic E-state index is 0.0662. The number of oxazole rings is 1. The van der Waals surface area contributed by atoms with Crippen molar-refractivity contribution in [3.63, 3.8) is 0 Å². The Morgan fingerprint density at radius 2 is 1.91 bits per heavy atom. The number of carbonyl (C=O) groups is 2. The van der Waals surface area contributed by atoms with E-state index in [2.05, 4.69) is 25.7 Å². The SMILES string of the molecule is CC(C)(C)NC(=O)c1cc(-c2csc(C(=O)NCc3nc4ccccc4o3)c2)cn2nc(N)nc12. The molecular weight excluding hydrogens is 466 g/mol. The zero-order valence-corrected chi connectivity index (χ0v) is 20.1. The molecule has 0 bridgehead atoms. The van der Waals surface area contributed by atoms with Gasteiger partial charge in [0.1, 0.15) is 5.52 Å². The van der Waals surface area contributed by atoms with Crippen molar-refractivity contribution in [1.82, 2.24) is 30.2 Å². The number of hydrogen-bond acceptors (Lipinski definition) is 8. The monoisotopic (exact) mass is 489 g/mol. The summed E-state index contributed by atoms with van der Waals surface area (Å²) in [6.07, 6.45) is 1.73. The van der Waals surface area contributed by atoms with Crippen LogP contribution >= 0.6 is 11.3 Å². The summed E-state index contributed by atoms with van der Waals surface area (Å²) >= 11 is 1.29. The molecule has 0 fully saturated rings. The molecule has 4 aromatic heterocycles. The van der Waals surface area contributed by atoms with Gasteiger partial charge in [-0.15, -0.1) is 16.4 Å². The molecule has 0 unspecified atom stereocenters. The molecule has 2 amide bonds. The van der Waals surface area contributed by atoms with Gasteiger partial charge in [-0.05, 0) is 56.0 Å². The van der Waals surface area contributed by atoms with Crippen molar-refractivity contribution < 1.29 is 14.0 Å². The maximum Gasteiger partial charge on any atom is 0.261 e. The largest absolute Gasteiger partial charge is 0.439 e. The van der Waals surface area contributed by atoms with E-state index in [4.69, 9.17) is 10.2 Å². The summed E-state index contributed by atoms with van der Waals surface area (Å²) in [4.78, 5) is 34.8. The van der Waals surface area contributed by atoms with Crippen LogP contribution in [0.3, 0.4) is 0 Å². The van der Waals surface area contributed by atoms with Gasteiger partial charge in [0.25, 0.3) is 11.8 Å². The van der Waals surface area contributed by atoms with E-state index in [1.165, 1.54) is 15.9 Å². The lowest BCUT2D eigenvalue weighted by atomic mass is 10.1. The fraction of sp³-hybridized carbons (Fsp3) is 0.208. The number of pyridine rings is 1. The van der Waals surface area contributed by atoms with E-state index in [0.717, 1.165) is 11.1 Å². The van der Waals surface area contributed by atoms with Crippen molar-refractivity contribution in [1.29, 1.82) is 0 Å². The molecule has 0 saturated heterocycles. The summed E-state index contributed by atoms with van der Waals surface area (Å²) in [5, 5.41) is 11.8. The lowest BCUT2D eigenvalue weighted by molar-refractivity contribution is 0.0918. The standard InChI is InChI=1S/C24H23N7O3S/c1-24(2,3)29-21(32)15-8-13(11-31-20(15)28-23(25)30-31)14-9-18(35-12-14)22(33)26-10-19-27-16-6-4-5-7-17(16)34-19/h4-9,11-12H,10H2,1-3H3,(H2,25,30)(H,26,33)(H,29,32). The summed E-state index contributed by atoms with van der Waals surface area (Å²) in [6.45, 7) is 5.86. The molecule has 5 rings (SSSR count). The third kappa shape index (κ3) is 4.71. The molecule has 0 radical (unpaired) electrons.